The number of amides is 1. The summed E-state index contributed by atoms with van der Waals surface area (Å²) in [5, 5.41) is 40.8. The van der Waals surface area contributed by atoms with E-state index in [2.05, 4.69) is 10.1 Å². The van der Waals surface area contributed by atoms with Gasteiger partial charge in [0.15, 0.2) is 0 Å². The van der Waals surface area contributed by atoms with Crippen molar-refractivity contribution >= 4 is 33.5 Å². The first-order chi connectivity index (χ1) is 10.8. The predicted octanol–water partition coefficient (Wildman–Crippen LogP) is -2.15. The molecule has 6 atom stereocenters. The van der Waals surface area contributed by atoms with E-state index in [0.29, 0.717) is 0 Å². The zero-order chi connectivity index (χ0) is 17.6. The van der Waals surface area contributed by atoms with Crippen molar-refractivity contribution in [3.8, 4) is 0 Å². The summed E-state index contributed by atoms with van der Waals surface area (Å²) in [6.45, 7) is 0.759. The Kier molecular flexibility index (Phi) is 8.61. The molecule has 2 unspecified atom stereocenters. The zero-order valence-electron chi connectivity index (χ0n) is 12.6. The Hall–Kier alpha value is -0.560. The van der Waals surface area contributed by atoms with Gasteiger partial charge in [-0.05, 0) is 0 Å². The highest BCUT2D eigenvalue weighted by Crippen LogP contribution is 2.35. The first-order valence-corrected chi connectivity index (χ1v) is 9.13. The van der Waals surface area contributed by atoms with Gasteiger partial charge in [0.25, 0.3) is 0 Å². The molecule has 0 aromatic carbocycles. The average Bonchev–Trinajstić information content (AvgIpc) is 2.52. The third kappa shape index (κ3) is 5.78. The lowest BCUT2D eigenvalue weighted by Gasteiger charge is -2.39. The molecule has 23 heavy (non-hydrogen) atoms. The summed E-state index contributed by atoms with van der Waals surface area (Å²) in [4.78, 5) is 22.6. The molecule has 1 saturated heterocycles. The fourth-order valence-corrected chi connectivity index (χ4v) is 4.43. The molecule has 0 saturated carbocycles. The van der Waals surface area contributed by atoms with Crippen molar-refractivity contribution in [3.05, 3.63) is 0 Å². The lowest BCUT2D eigenvalue weighted by atomic mass is 10.0. The summed E-state index contributed by atoms with van der Waals surface area (Å²) < 4.78 is 9.89. The summed E-state index contributed by atoms with van der Waals surface area (Å²) in [6.07, 6.45) is -5.22. The van der Waals surface area contributed by atoms with Gasteiger partial charge in [-0.2, -0.15) is 0 Å². The van der Waals surface area contributed by atoms with Gasteiger partial charge in [0, 0.05) is 12.7 Å². The minimum Gasteiger partial charge on any atom is -0.467 e. The maximum absolute atomic E-state index is 11.5. The topological polar surface area (TPSA) is 146 Å². The Labute approximate surface area is 141 Å². The van der Waals surface area contributed by atoms with Crippen LogP contribution in [0.25, 0.3) is 0 Å². The number of methoxy groups -OCH3 is 1. The van der Waals surface area contributed by atoms with Crippen molar-refractivity contribution in [2.24, 2.45) is 0 Å². The molecule has 0 aliphatic carbocycles. The van der Waals surface area contributed by atoms with Gasteiger partial charge >= 0.3 is 5.97 Å². The van der Waals surface area contributed by atoms with Crippen molar-refractivity contribution in [2.45, 2.75) is 42.8 Å². The monoisotopic (exact) mass is 371 g/mol. The van der Waals surface area contributed by atoms with E-state index in [-0.39, 0.29) is 11.7 Å². The van der Waals surface area contributed by atoms with Crippen LogP contribution in [0.2, 0.25) is 0 Å². The van der Waals surface area contributed by atoms with E-state index in [1.54, 1.807) is 0 Å². The third-order valence-corrected chi connectivity index (χ3v) is 5.68. The highest BCUT2D eigenvalue weighted by atomic mass is 33.1. The smallest absolute Gasteiger partial charge is 0.329 e. The number of aliphatic hydroxyl groups excluding tert-OH is 4. The van der Waals surface area contributed by atoms with Crippen LogP contribution < -0.4 is 5.32 Å². The second-order valence-corrected chi connectivity index (χ2v) is 7.36. The van der Waals surface area contributed by atoms with E-state index in [1.807, 2.05) is 0 Å². The fraction of sp³-hybridized carbons (Fsp3) is 0.833. The van der Waals surface area contributed by atoms with Crippen molar-refractivity contribution in [2.75, 3.05) is 19.5 Å². The van der Waals surface area contributed by atoms with Gasteiger partial charge in [-0.25, -0.2) is 4.79 Å². The summed E-state index contributed by atoms with van der Waals surface area (Å²) in [5.74, 6) is -0.854. The molecule has 0 radical (unpaired) electrons. The number of carbonyl (C=O) groups excluding carboxylic acids is 2. The molecule has 1 aliphatic heterocycles. The minimum atomic E-state index is -1.45. The van der Waals surface area contributed by atoms with Crippen molar-refractivity contribution in [3.63, 3.8) is 0 Å². The molecule has 5 N–H and O–H groups in total. The number of aliphatic hydroxyl groups is 4. The highest BCUT2D eigenvalue weighted by Gasteiger charge is 2.43. The third-order valence-electron chi connectivity index (χ3n) is 3.11. The molecule has 1 amide bonds. The minimum absolute atomic E-state index is 0.145. The van der Waals surface area contributed by atoms with Crippen LogP contribution in [0.4, 0.5) is 0 Å². The van der Waals surface area contributed by atoms with Gasteiger partial charge in [-0.3, -0.25) is 4.79 Å². The molecule has 0 bridgehead atoms. The predicted molar refractivity (Wildman–Crippen MR) is 83.4 cm³/mol. The lowest BCUT2D eigenvalue weighted by Crippen LogP contribution is -2.57. The molecule has 9 nitrogen and oxygen atoms in total. The normalized spacial score (nSPS) is 32.2. The first-order valence-electron chi connectivity index (χ1n) is 6.75. The number of ether oxygens (including phenoxy) is 2. The lowest BCUT2D eigenvalue weighted by molar-refractivity contribution is -0.205. The van der Waals surface area contributed by atoms with Crippen LogP contribution in [0.15, 0.2) is 0 Å². The number of hydrogen-bond acceptors (Lipinski definition) is 10. The van der Waals surface area contributed by atoms with E-state index in [9.17, 15) is 24.9 Å². The SMILES string of the molecule is COC(=O)C(CSSC1O[C@H](CO)[C@@H](O)[C@H](O)[C@H]1O)NC(C)=O. The van der Waals surface area contributed by atoms with Crippen molar-refractivity contribution in [1.82, 2.24) is 5.32 Å². The molecule has 134 valence electrons. The van der Waals surface area contributed by atoms with Crippen LogP contribution in [-0.4, -0.2) is 87.7 Å². The molecule has 0 aromatic heterocycles. The molecule has 0 aromatic rings. The van der Waals surface area contributed by atoms with E-state index >= 15 is 0 Å². The largest absolute Gasteiger partial charge is 0.467 e. The number of carbonyl (C=O) groups is 2. The van der Waals surface area contributed by atoms with Crippen molar-refractivity contribution in [1.29, 1.82) is 0 Å². The van der Waals surface area contributed by atoms with Crippen LogP contribution in [0, 0.1) is 0 Å². The molecule has 0 spiro atoms. The number of esters is 1. The van der Waals surface area contributed by atoms with Gasteiger partial charge in [-0.1, -0.05) is 21.6 Å². The summed E-state index contributed by atoms with van der Waals surface area (Å²) in [5.41, 5.74) is -0.911. The highest BCUT2D eigenvalue weighted by molar-refractivity contribution is 8.76. The Morgan fingerprint density at radius 2 is 1.91 bits per heavy atom. The van der Waals surface area contributed by atoms with E-state index in [4.69, 9.17) is 9.84 Å². The molecule has 1 rings (SSSR count). The Morgan fingerprint density at radius 1 is 1.26 bits per heavy atom. The molecule has 1 aliphatic rings. The Balaban J connectivity index is 2.55. The second kappa shape index (κ2) is 9.67. The van der Waals surface area contributed by atoms with E-state index < -0.39 is 48.5 Å². The molecule has 1 heterocycles. The fourth-order valence-electron chi connectivity index (χ4n) is 1.88. The van der Waals surface area contributed by atoms with E-state index in [1.165, 1.54) is 14.0 Å². The van der Waals surface area contributed by atoms with Crippen LogP contribution >= 0.6 is 21.6 Å². The van der Waals surface area contributed by atoms with Crippen LogP contribution in [0.5, 0.6) is 0 Å². The van der Waals surface area contributed by atoms with Gasteiger partial charge < -0.3 is 35.2 Å². The zero-order valence-corrected chi connectivity index (χ0v) is 14.2. The number of hydrogen-bond donors (Lipinski definition) is 5. The summed E-state index contributed by atoms with van der Waals surface area (Å²) in [7, 11) is 3.33. The van der Waals surface area contributed by atoms with Gasteiger partial charge in [-0.15, -0.1) is 0 Å². The Bertz CT molecular complexity index is 411. The van der Waals surface area contributed by atoms with Gasteiger partial charge in [0.05, 0.1) is 13.7 Å². The maximum atomic E-state index is 11.5. The molecular weight excluding hydrogens is 350 g/mol. The van der Waals surface area contributed by atoms with Crippen LogP contribution in [-0.2, 0) is 19.1 Å². The number of rotatable bonds is 7. The van der Waals surface area contributed by atoms with Crippen LogP contribution in [0.3, 0.4) is 0 Å². The summed E-state index contributed by atoms with van der Waals surface area (Å²) in [6, 6.07) is -0.861. The standard InChI is InChI=1S/C12H21NO8S2/c1-5(15)13-6(11(19)20-2)4-22-23-12-10(18)9(17)8(16)7(3-14)21-12/h6-10,12,14,16-18H,3-4H2,1-2H3,(H,13,15)/t6?,7-,8-,9+,10-,12?/m1/s1. The summed E-state index contributed by atoms with van der Waals surface area (Å²) >= 11 is 0. The van der Waals surface area contributed by atoms with Crippen molar-refractivity contribution < 1.29 is 39.5 Å². The number of nitrogens with one attached hydrogen (secondary N) is 1. The quantitative estimate of drug-likeness (QED) is 0.248. The van der Waals surface area contributed by atoms with E-state index in [0.717, 1.165) is 21.6 Å². The average molecular weight is 371 g/mol. The van der Waals surface area contributed by atoms with Gasteiger partial charge in [0.2, 0.25) is 5.91 Å². The maximum Gasteiger partial charge on any atom is 0.329 e. The van der Waals surface area contributed by atoms with Crippen LogP contribution in [0.1, 0.15) is 6.92 Å². The molecule has 11 heteroatoms. The molecular formula is C12H21NO8S2. The molecule has 1 fully saturated rings. The Morgan fingerprint density at radius 3 is 2.43 bits per heavy atom. The second-order valence-electron chi connectivity index (χ2n) is 4.85. The van der Waals surface area contributed by atoms with Gasteiger partial charge in [0.1, 0.15) is 35.9 Å². The first kappa shape index (κ1) is 20.5.